The van der Waals surface area contributed by atoms with Gasteiger partial charge in [0, 0.05) is 7.05 Å². The highest BCUT2D eigenvalue weighted by Crippen LogP contribution is 2.18. The topological polar surface area (TPSA) is 38.3 Å². The van der Waals surface area contributed by atoms with Crippen LogP contribution in [-0.2, 0) is 9.63 Å². The lowest BCUT2D eigenvalue weighted by Gasteiger charge is -2.15. The molecule has 1 N–H and O–H groups in total. The fourth-order valence-electron chi connectivity index (χ4n) is 0.583. The van der Waals surface area contributed by atoms with Gasteiger partial charge < -0.3 is 4.84 Å². The lowest BCUT2D eigenvalue weighted by Crippen LogP contribution is -2.20. The van der Waals surface area contributed by atoms with Crippen molar-refractivity contribution in [1.29, 1.82) is 0 Å². The van der Waals surface area contributed by atoms with Crippen molar-refractivity contribution in [3.8, 4) is 0 Å². The van der Waals surface area contributed by atoms with E-state index in [0.717, 1.165) is 0 Å². The maximum Gasteiger partial charge on any atom is 0.325 e. The molecule has 0 spiro atoms. The average Bonchev–Trinajstić information content (AvgIpc) is 1.59. The van der Waals surface area contributed by atoms with Crippen LogP contribution < -0.4 is 5.48 Å². The van der Waals surface area contributed by atoms with Crippen molar-refractivity contribution >= 4 is 5.97 Å². The summed E-state index contributed by atoms with van der Waals surface area (Å²) in [5, 5.41) is 0. The Bertz CT molecular complexity index is 115. The molecule has 0 aromatic rings. The lowest BCUT2D eigenvalue weighted by molar-refractivity contribution is -0.152. The third kappa shape index (κ3) is 5.56. The van der Waals surface area contributed by atoms with Crippen molar-refractivity contribution in [2.75, 3.05) is 7.05 Å². The molecule has 0 aromatic carbocycles. The van der Waals surface area contributed by atoms with Gasteiger partial charge in [-0.25, -0.2) is 0 Å². The number of hydrogen-bond donors (Lipinski definition) is 1. The van der Waals surface area contributed by atoms with Crippen molar-refractivity contribution in [2.24, 2.45) is 5.41 Å². The van der Waals surface area contributed by atoms with Crippen LogP contribution in [0.1, 0.15) is 27.2 Å². The number of rotatable bonds is 2. The Morgan fingerprint density at radius 3 is 2.30 bits per heavy atom. The molecule has 3 nitrogen and oxygen atoms in total. The van der Waals surface area contributed by atoms with E-state index in [0.29, 0.717) is 6.42 Å². The van der Waals surface area contributed by atoms with Crippen LogP contribution in [0.4, 0.5) is 0 Å². The van der Waals surface area contributed by atoms with E-state index in [1.165, 1.54) is 0 Å². The number of hydroxylamine groups is 1. The summed E-state index contributed by atoms with van der Waals surface area (Å²) in [5.41, 5.74) is 2.35. The summed E-state index contributed by atoms with van der Waals surface area (Å²) < 4.78 is 0. The second kappa shape index (κ2) is 3.56. The maximum atomic E-state index is 10.8. The molecule has 0 saturated carbocycles. The second-order valence-corrected chi connectivity index (χ2v) is 3.42. The molecule has 0 heterocycles. The Hall–Kier alpha value is -0.570. The molecule has 0 saturated heterocycles. The highest BCUT2D eigenvalue weighted by molar-refractivity contribution is 5.69. The van der Waals surface area contributed by atoms with Gasteiger partial charge in [0.05, 0.1) is 6.42 Å². The molecule has 0 aliphatic rings. The van der Waals surface area contributed by atoms with Crippen molar-refractivity contribution in [3.63, 3.8) is 0 Å². The average molecular weight is 145 g/mol. The third-order valence-electron chi connectivity index (χ3n) is 0.891. The molecule has 60 valence electrons. The van der Waals surface area contributed by atoms with Crippen LogP contribution in [0.5, 0.6) is 0 Å². The Balaban J connectivity index is 3.58. The minimum absolute atomic E-state index is 0.00787. The van der Waals surface area contributed by atoms with Crippen molar-refractivity contribution in [3.05, 3.63) is 0 Å². The Morgan fingerprint density at radius 1 is 1.50 bits per heavy atom. The largest absolute Gasteiger partial charge is 0.371 e. The molecule has 0 unspecified atom stereocenters. The summed E-state index contributed by atoms with van der Waals surface area (Å²) in [6, 6.07) is 0. The van der Waals surface area contributed by atoms with Gasteiger partial charge in [0.15, 0.2) is 0 Å². The predicted octanol–water partition coefficient (Wildman–Crippen LogP) is 1.10. The molecule has 0 aliphatic heterocycles. The van der Waals surface area contributed by atoms with E-state index in [1.807, 2.05) is 20.8 Å². The fraction of sp³-hybridized carbons (Fsp3) is 0.857. The molecule has 10 heavy (non-hydrogen) atoms. The smallest absolute Gasteiger partial charge is 0.325 e. The van der Waals surface area contributed by atoms with Gasteiger partial charge in [-0.2, -0.15) is 5.48 Å². The van der Waals surface area contributed by atoms with Gasteiger partial charge in [-0.3, -0.25) is 4.79 Å². The van der Waals surface area contributed by atoms with E-state index in [9.17, 15) is 4.79 Å². The summed E-state index contributed by atoms with van der Waals surface area (Å²) in [5.74, 6) is -0.213. The van der Waals surface area contributed by atoms with E-state index in [-0.39, 0.29) is 11.4 Å². The number of carbonyl (C=O) groups is 1. The molecule has 3 heteroatoms. The van der Waals surface area contributed by atoms with E-state index in [4.69, 9.17) is 0 Å². The number of hydrogen-bond acceptors (Lipinski definition) is 3. The third-order valence-corrected chi connectivity index (χ3v) is 0.891. The summed E-state index contributed by atoms with van der Waals surface area (Å²) in [7, 11) is 1.57. The van der Waals surface area contributed by atoms with Crippen LogP contribution in [0, 0.1) is 5.41 Å². The van der Waals surface area contributed by atoms with E-state index < -0.39 is 0 Å². The summed E-state index contributed by atoms with van der Waals surface area (Å²) in [6.45, 7) is 5.97. The zero-order valence-electron chi connectivity index (χ0n) is 7.02. The molecule has 0 fully saturated rings. The molecule has 0 aliphatic carbocycles. The summed E-state index contributed by atoms with van der Waals surface area (Å²) in [6.07, 6.45) is 0.438. The minimum atomic E-state index is -0.213. The SMILES string of the molecule is CNOC(=O)CC(C)(C)C. The van der Waals surface area contributed by atoms with E-state index in [2.05, 4.69) is 10.3 Å². The van der Waals surface area contributed by atoms with Crippen molar-refractivity contribution < 1.29 is 9.63 Å². The monoisotopic (exact) mass is 145 g/mol. The molecule has 0 bridgehead atoms. The maximum absolute atomic E-state index is 10.8. The molecule has 0 radical (unpaired) electrons. The quantitative estimate of drug-likeness (QED) is 0.591. The van der Waals surface area contributed by atoms with Crippen LogP contribution in [0.15, 0.2) is 0 Å². The number of nitrogens with one attached hydrogen (secondary N) is 1. The highest BCUT2D eigenvalue weighted by Gasteiger charge is 2.16. The molecule has 0 rings (SSSR count). The van der Waals surface area contributed by atoms with Gasteiger partial charge in [0.2, 0.25) is 0 Å². The zero-order valence-corrected chi connectivity index (χ0v) is 7.02. The van der Waals surface area contributed by atoms with Crippen molar-refractivity contribution in [1.82, 2.24) is 5.48 Å². The fourth-order valence-corrected chi connectivity index (χ4v) is 0.583. The first-order valence-electron chi connectivity index (χ1n) is 3.32. The Kier molecular flexibility index (Phi) is 3.36. The van der Waals surface area contributed by atoms with Gasteiger partial charge in [-0.05, 0) is 5.41 Å². The van der Waals surface area contributed by atoms with E-state index >= 15 is 0 Å². The van der Waals surface area contributed by atoms with Gasteiger partial charge in [0.25, 0.3) is 0 Å². The van der Waals surface area contributed by atoms with Gasteiger partial charge in [0.1, 0.15) is 0 Å². The van der Waals surface area contributed by atoms with Gasteiger partial charge in [-0.15, -0.1) is 0 Å². The minimum Gasteiger partial charge on any atom is -0.371 e. The van der Waals surface area contributed by atoms with Crippen LogP contribution >= 0.6 is 0 Å². The molecular weight excluding hydrogens is 130 g/mol. The van der Waals surface area contributed by atoms with Crippen LogP contribution in [-0.4, -0.2) is 13.0 Å². The van der Waals surface area contributed by atoms with Gasteiger partial charge in [-0.1, -0.05) is 20.8 Å². The normalized spacial score (nSPS) is 11.2. The summed E-state index contributed by atoms with van der Waals surface area (Å²) in [4.78, 5) is 15.3. The second-order valence-electron chi connectivity index (χ2n) is 3.42. The zero-order chi connectivity index (χ0) is 8.20. The first-order valence-corrected chi connectivity index (χ1v) is 3.32. The highest BCUT2D eigenvalue weighted by atomic mass is 16.7. The first kappa shape index (κ1) is 9.43. The molecule has 0 aromatic heterocycles. The molecule has 0 atom stereocenters. The van der Waals surface area contributed by atoms with E-state index in [1.54, 1.807) is 7.05 Å². The van der Waals surface area contributed by atoms with Crippen LogP contribution in [0.25, 0.3) is 0 Å². The molecular formula is C7H15NO2. The van der Waals surface area contributed by atoms with Crippen LogP contribution in [0.2, 0.25) is 0 Å². The van der Waals surface area contributed by atoms with Gasteiger partial charge >= 0.3 is 5.97 Å². The van der Waals surface area contributed by atoms with Crippen LogP contribution in [0.3, 0.4) is 0 Å². The predicted molar refractivity (Wildman–Crippen MR) is 39.2 cm³/mol. The number of carbonyl (C=O) groups excluding carboxylic acids is 1. The standard InChI is InChI=1S/C7H15NO2/c1-7(2,3)5-6(9)10-8-4/h8H,5H2,1-4H3. The first-order chi connectivity index (χ1) is 4.45. The van der Waals surface area contributed by atoms with Crippen molar-refractivity contribution in [2.45, 2.75) is 27.2 Å². The Labute approximate surface area is 61.7 Å². The Morgan fingerprint density at radius 2 is 2.00 bits per heavy atom. The lowest BCUT2D eigenvalue weighted by atomic mass is 9.93. The molecule has 0 amide bonds. The summed E-state index contributed by atoms with van der Waals surface area (Å²) >= 11 is 0.